The second kappa shape index (κ2) is 5.77. The van der Waals surface area contributed by atoms with E-state index in [0.29, 0.717) is 12.6 Å². The molecule has 2 N–H and O–H groups in total. The molecule has 2 aromatic heterocycles. The van der Waals surface area contributed by atoms with Gasteiger partial charge in [-0.25, -0.2) is 0 Å². The first kappa shape index (κ1) is 13.9. The molecule has 5 heteroatoms. The van der Waals surface area contributed by atoms with E-state index in [-0.39, 0.29) is 0 Å². The molecule has 0 spiro atoms. The molecule has 1 unspecified atom stereocenters. The number of rotatable bonds is 3. The number of aromatic nitrogens is 3. The van der Waals surface area contributed by atoms with Gasteiger partial charge in [-0.15, -0.1) is 5.10 Å². The van der Waals surface area contributed by atoms with E-state index in [9.17, 15) is 0 Å². The monoisotopic (exact) mass is 283 g/mol. The summed E-state index contributed by atoms with van der Waals surface area (Å²) < 4.78 is 0. The minimum atomic E-state index is 0.342. The van der Waals surface area contributed by atoms with Gasteiger partial charge in [0.2, 0.25) is 0 Å². The number of aryl methyl sites for hydroxylation is 1. The highest BCUT2D eigenvalue weighted by Gasteiger charge is 2.29. The van der Waals surface area contributed by atoms with E-state index in [1.807, 2.05) is 19.3 Å². The molecule has 0 aromatic carbocycles. The largest absolute Gasteiger partial charge is 0.348 e. The Kier molecular flexibility index (Phi) is 3.84. The summed E-state index contributed by atoms with van der Waals surface area (Å²) in [5.41, 5.74) is 10.5. The lowest BCUT2D eigenvalue weighted by Gasteiger charge is -2.28. The second-order valence-corrected chi connectivity index (χ2v) is 5.55. The molecule has 2 aromatic rings. The van der Waals surface area contributed by atoms with Crippen molar-refractivity contribution < 1.29 is 0 Å². The van der Waals surface area contributed by atoms with E-state index >= 15 is 0 Å². The number of nitrogens with zero attached hydrogens (tertiary/aromatic N) is 4. The first-order chi connectivity index (χ1) is 10.2. The van der Waals surface area contributed by atoms with Gasteiger partial charge in [0, 0.05) is 31.0 Å². The number of anilines is 1. The minimum absolute atomic E-state index is 0.342. The topological polar surface area (TPSA) is 67.9 Å². The number of hydrogen-bond acceptors (Lipinski definition) is 5. The van der Waals surface area contributed by atoms with Crippen LogP contribution in [0.3, 0.4) is 0 Å². The summed E-state index contributed by atoms with van der Waals surface area (Å²) >= 11 is 0. The zero-order chi connectivity index (χ0) is 14.8. The molecule has 1 saturated heterocycles. The van der Waals surface area contributed by atoms with Crippen molar-refractivity contribution in [3.63, 3.8) is 0 Å². The van der Waals surface area contributed by atoms with Crippen molar-refractivity contribution in [3.8, 4) is 0 Å². The second-order valence-electron chi connectivity index (χ2n) is 5.55. The van der Waals surface area contributed by atoms with E-state index in [4.69, 9.17) is 5.73 Å². The van der Waals surface area contributed by atoms with E-state index in [0.717, 1.165) is 42.0 Å². The van der Waals surface area contributed by atoms with Crippen LogP contribution in [0.2, 0.25) is 0 Å². The summed E-state index contributed by atoms with van der Waals surface area (Å²) in [6.07, 6.45) is 5.98. The summed E-state index contributed by atoms with van der Waals surface area (Å²) in [5, 5.41) is 8.75. The molecule has 0 bridgehead atoms. The third-order valence-corrected chi connectivity index (χ3v) is 4.38. The fourth-order valence-electron chi connectivity index (χ4n) is 3.07. The Bertz CT molecular complexity index is 626. The quantitative estimate of drug-likeness (QED) is 0.936. The summed E-state index contributed by atoms with van der Waals surface area (Å²) in [4.78, 5) is 6.45. The average Bonchev–Trinajstić information content (AvgIpc) is 3.00. The van der Waals surface area contributed by atoms with Crippen LogP contribution in [0.1, 0.15) is 41.3 Å². The molecule has 21 heavy (non-hydrogen) atoms. The molecule has 5 nitrogen and oxygen atoms in total. The Hall–Kier alpha value is -2.01. The van der Waals surface area contributed by atoms with Crippen LogP contribution < -0.4 is 10.6 Å². The molecular weight excluding hydrogens is 262 g/mol. The lowest BCUT2D eigenvalue weighted by molar-refractivity contribution is 0.696. The van der Waals surface area contributed by atoms with Gasteiger partial charge < -0.3 is 10.6 Å². The van der Waals surface area contributed by atoms with E-state index in [2.05, 4.69) is 39.1 Å². The van der Waals surface area contributed by atoms with Crippen LogP contribution in [-0.2, 0) is 6.54 Å². The Morgan fingerprint density at radius 1 is 1.24 bits per heavy atom. The van der Waals surface area contributed by atoms with Crippen LogP contribution in [-0.4, -0.2) is 21.7 Å². The fourth-order valence-corrected chi connectivity index (χ4v) is 3.07. The maximum atomic E-state index is 5.97. The maximum absolute atomic E-state index is 5.97. The van der Waals surface area contributed by atoms with Crippen LogP contribution in [0, 0.1) is 13.8 Å². The van der Waals surface area contributed by atoms with Gasteiger partial charge in [-0.3, -0.25) is 4.98 Å². The normalized spacial score (nSPS) is 18.2. The lowest BCUT2D eigenvalue weighted by atomic mass is 10.0. The summed E-state index contributed by atoms with van der Waals surface area (Å²) in [6.45, 7) is 5.55. The number of hydrogen-bond donors (Lipinski definition) is 1. The maximum Gasteiger partial charge on any atom is 0.156 e. The summed E-state index contributed by atoms with van der Waals surface area (Å²) in [7, 11) is 0. The van der Waals surface area contributed by atoms with Crippen molar-refractivity contribution in [1.82, 2.24) is 15.2 Å². The van der Waals surface area contributed by atoms with Gasteiger partial charge >= 0.3 is 0 Å². The van der Waals surface area contributed by atoms with Gasteiger partial charge in [-0.1, -0.05) is 0 Å². The standard InChI is InChI=1S/C16H21N5/c1-11-12(2)19-20-16(14(11)10-17)21-9-3-4-15(21)13-5-7-18-8-6-13/h5-8,15H,3-4,9-10,17H2,1-2H3. The van der Waals surface area contributed by atoms with Crippen molar-refractivity contribution >= 4 is 5.82 Å². The van der Waals surface area contributed by atoms with Crippen LogP contribution in [0.5, 0.6) is 0 Å². The van der Waals surface area contributed by atoms with Crippen molar-refractivity contribution in [2.75, 3.05) is 11.4 Å². The summed E-state index contributed by atoms with van der Waals surface area (Å²) in [6, 6.07) is 4.51. The zero-order valence-corrected chi connectivity index (χ0v) is 12.6. The van der Waals surface area contributed by atoms with Gasteiger partial charge in [0.25, 0.3) is 0 Å². The van der Waals surface area contributed by atoms with Gasteiger partial charge in [-0.2, -0.15) is 5.10 Å². The van der Waals surface area contributed by atoms with Crippen molar-refractivity contribution in [2.24, 2.45) is 5.73 Å². The highest BCUT2D eigenvalue weighted by atomic mass is 15.3. The predicted octanol–water partition coefficient (Wildman–Crippen LogP) is 2.29. The van der Waals surface area contributed by atoms with Crippen molar-refractivity contribution in [1.29, 1.82) is 0 Å². The molecule has 0 amide bonds. The number of pyridine rings is 1. The molecule has 1 aliphatic rings. The highest BCUT2D eigenvalue weighted by molar-refractivity contribution is 5.53. The first-order valence-electron chi connectivity index (χ1n) is 7.41. The SMILES string of the molecule is Cc1nnc(N2CCCC2c2ccncc2)c(CN)c1C. The third kappa shape index (κ3) is 2.49. The predicted molar refractivity (Wildman–Crippen MR) is 83.0 cm³/mol. The van der Waals surface area contributed by atoms with E-state index < -0.39 is 0 Å². The van der Waals surface area contributed by atoms with Crippen LogP contribution in [0.4, 0.5) is 5.82 Å². The molecule has 0 aliphatic carbocycles. The molecule has 110 valence electrons. The highest BCUT2D eigenvalue weighted by Crippen LogP contribution is 2.37. The number of nitrogens with two attached hydrogens (primary N) is 1. The van der Waals surface area contributed by atoms with Gasteiger partial charge in [0.05, 0.1) is 11.7 Å². The van der Waals surface area contributed by atoms with Crippen LogP contribution in [0.15, 0.2) is 24.5 Å². The Labute approximate surface area is 125 Å². The zero-order valence-electron chi connectivity index (χ0n) is 12.6. The minimum Gasteiger partial charge on any atom is -0.348 e. The summed E-state index contributed by atoms with van der Waals surface area (Å²) in [5.74, 6) is 0.944. The molecule has 0 radical (unpaired) electrons. The molecule has 0 saturated carbocycles. The molecule has 3 rings (SSSR count). The average molecular weight is 283 g/mol. The molecular formula is C16H21N5. The van der Waals surface area contributed by atoms with Gasteiger partial charge in [0.1, 0.15) is 0 Å². The van der Waals surface area contributed by atoms with Crippen molar-refractivity contribution in [2.45, 2.75) is 39.3 Å². The molecule has 1 atom stereocenters. The third-order valence-electron chi connectivity index (χ3n) is 4.38. The van der Waals surface area contributed by atoms with Crippen LogP contribution >= 0.6 is 0 Å². The Morgan fingerprint density at radius 3 is 2.71 bits per heavy atom. The van der Waals surface area contributed by atoms with Gasteiger partial charge in [0.15, 0.2) is 5.82 Å². The molecule has 3 heterocycles. The molecule has 1 fully saturated rings. The van der Waals surface area contributed by atoms with Crippen LogP contribution in [0.25, 0.3) is 0 Å². The van der Waals surface area contributed by atoms with E-state index in [1.54, 1.807) is 0 Å². The Morgan fingerprint density at radius 2 is 2.00 bits per heavy atom. The smallest absolute Gasteiger partial charge is 0.156 e. The Balaban J connectivity index is 2.02. The fraction of sp³-hybridized carbons (Fsp3) is 0.438. The molecule has 1 aliphatic heterocycles. The first-order valence-corrected chi connectivity index (χ1v) is 7.41. The lowest BCUT2D eigenvalue weighted by Crippen LogP contribution is -2.26. The van der Waals surface area contributed by atoms with Gasteiger partial charge in [-0.05, 0) is 49.9 Å². The van der Waals surface area contributed by atoms with E-state index in [1.165, 1.54) is 5.56 Å². The van der Waals surface area contributed by atoms with Crippen molar-refractivity contribution in [3.05, 3.63) is 46.9 Å².